The molecule has 2 amide bonds. The van der Waals surface area contributed by atoms with E-state index in [-0.39, 0.29) is 11.8 Å². The van der Waals surface area contributed by atoms with Crippen LogP contribution < -0.4 is 15.1 Å². The highest BCUT2D eigenvalue weighted by atomic mass is 16.2. The average molecular weight is 422 g/mol. The molecule has 1 atom stereocenters. The van der Waals surface area contributed by atoms with E-state index in [4.69, 9.17) is 0 Å². The molecule has 0 aliphatic carbocycles. The van der Waals surface area contributed by atoms with Gasteiger partial charge in [-0.15, -0.1) is 0 Å². The molecule has 2 N–H and O–H groups in total. The van der Waals surface area contributed by atoms with Crippen LogP contribution in [0.5, 0.6) is 0 Å². The van der Waals surface area contributed by atoms with Gasteiger partial charge in [-0.25, -0.2) is 0 Å². The summed E-state index contributed by atoms with van der Waals surface area (Å²) in [5, 5.41) is 3.08. The Balaban J connectivity index is 1.27. The number of piperazine rings is 1. The standard InChI is InChI=1S/C25H32N4O2/c1-18-7-6-8-19(2)25(18)26-23(30)16-27-11-13-28(14-12-27)24(31)17-29-20(3)15-21-9-4-5-10-22(21)29/h4-10,20H,11-17H2,1-3H3,(H,26,30)/p+1/t20-/m0/s1. The van der Waals surface area contributed by atoms with E-state index < -0.39 is 0 Å². The van der Waals surface area contributed by atoms with Crippen molar-refractivity contribution in [1.29, 1.82) is 0 Å². The van der Waals surface area contributed by atoms with Gasteiger partial charge in [-0.1, -0.05) is 36.4 Å². The lowest BCUT2D eigenvalue weighted by atomic mass is 10.1. The van der Waals surface area contributed by atoms with Crippen LogP contribution in [-0.2, 0) is 16.0 Å². The molecule has 0 radical (unpaired) electrons. The Morgan fingerprint density at radius 1 is 1.03 bits per heavy atom. The molecule has 2 aromatic carbocycles. The molecule has 1 fully saturated rings. The van der Waals surface area contributed by atoms with Gasteiger partial charge in [0.15, 0.2) is 6.54 Å². The van der Waals surface area contributed by atoms with Gasteiger partial charge in [0.1, 0.15) is 0 Å². The molecule has 0 aromatic heterocycles. The number of carbonyl (C=O) groups excluding carboxylic acids is 2. The van der Waals surface area contributed by atoms with Crippen molar-refractivity contribution in [3.63, 3.8) is 0 Å². The third kappa shape index (κ3) is 4.74. The number of quaternary nitrogens is 1. The minimum atomic E-state index is 0.0367. The van der Waals surface area contributed by atoms with E-state index in [2.05, 4.69) is 35.3 Å². The summed E-state index contributed by atoms with van der Waals surface area (Å²) in [6.07, 6.45) is 0.997. The van der Waals surface area contributed by atoms with E-state index in [0.29, 0.717) is 32.2 Å². The van der Waals surface area contributed by atoms with E-state index in [1.165, 1.54) is 16.2 Å². The fourth-order valence-electron chi connectivity index (χ4n) is 4.79. The lowest BCUT2D eigenvalue weighted by molar-refractivity contribution is -0.895. The van der Waals surface area contributed by atoms with Gasteiger partial charge in [0.25, 0.3) is 5.91 Å². The predicted molar refractivity (Wildman–Crippen MR) is 124 cm³/mol. The molecule has 0 unspecified atom stereocenters. The second-order valence-corrected chi connectivity index (χ2v) is 8.93. The fourth-order valence-corrected chi connectivity index (χ4v) is 4.79. The highest BCUT2D eigenvalue weighted by molar-refractivity contribution is 5.93. The number of nitrogens with zero attached hydrogens (tertiary/aromatic N) is 2. The molecule has 4 rings (SSSR count). The molecule has 2 aromatic rings. The molecule has 31 heavy (non-hydrogen) atoms. The molecule has 0 bridgehead atoms. The van der Waals surface area contributed by atoms with Crippen molar-refractivity contribution < 1.29 is 14.5 Å². The van der Waals surface area contributed by atoms with Crippen molar-refractivity contribution in [3.05, 3.63) is 59.2 Å². The van der Waals surface area contributed by atoms with Gasteiger partial charge in [-0.05, 0) is 49.9 Å². The highest BCUT2D eigenvalue weighted by Crippen LogP contribution is 2.31. The number of para-hydroxylation sites is 2. The monoisotopic (exact) mass is 421 g/mol. The minimum absolute atomic E-state index is 0.0367. The first-order chi connectivity index (χ1) is 14.9. The molecule has 164 valence electrons. The van der Waals surface area contributed by atoms with Crippen LogP contribution in [0.1, 0.15) is 23.6 Å². The van der Waals surface area contributed by atoms with E-state index in [9.17, 15) is 9.59 Å². The lowest BCUT2D eigenvalue weighted by Gasteiger charge is -2.34. The number of amides is 2. The Kier molecular flexibility index (Phi) is 6.28. The molecular weight excluding hydrogens is 388 g/mol. The third-order valence-electron chi connectivity index (χ3n) is 6.63. The van der Waals surface area contributed by atoms with Crippen molar-refractivity contribution in [2.75, 3.05) is 49.5 Å². The van der Waals surface area contributed by atoms with Crippen LogP contribution in [0.4, 0.5) is 11.4 Å². The summed E-state index contributed by atoms with van der Waals surface area (Å²) in [5.41, 5.74) is 5.59. The zero-order valence-electron chi connectivity index (χ0n) is 18.8. The summed E-state index contributed by atoms with van der Waals surface area (Å²) in [4.78, 5) is 30.9. The molecular formula is C25H33N4O2+. The fraction of sp³-hybridized carbons (Fsp3) is 0.440. The highest BCUT2D eigenvalue weighted by Gasteiger charge is 2.31. The first-order valence-electron chi connectivity index (χ1n) is 11.2. The van der Waals surface area contributed by atoms with Crippen LogP contribution >= 0.6 is 0 Å². The number of carbonyl (C=O) groups is 2. The largest absolute Gasteiger partial charge is 0.359 e. The Labute approximate surface area is 184 Å². The summed E-state index contributed by atoms with van der Waals surface area (Å²) in [5.74, 6) is 0.220. The maximum Gasteiger partial charge on any atom is 0.279 e. The van der Waals surface area contributed by atoms with Crippen LogP contribution in [0.25, 0.3) is 0 Å². The summed E-state index contributed by atoms with van der Waals surface area (Å²) in [6.45, 7) is 10.1. The zero-order valence-corrected chi connectivity index (χ0v) is 18.8. The van der Waals surface area contributed by atoms with Gasteiger partial charge in [0.05, 0.1) is 32.7 Å². The van der Waals surface area contributed by atoms with E-state index in [1.54, 1.807) is 0 Å². The van der Waals surface area contributed by atoms with Crippen LogP contribution in [0.2, 0.25) is 0 Å². The third-order valence-corrected chi connectivity index (χ3v) is 6.63. The summed E-state index contributed by atoms with van der Waals surface area (Å²) in [7, 11) is 0. The van der Waals surface area contributed by atoms with Gasteiger partial charge < -0.3 is 20.0 Å². The van der Waals surface area contributed by atoms with E-state index in [0.717, 1.165) is 36.3 Å². The second kappa shape index (κ2) is 9.10. The van der Waals surface area contributed by atoms with Crippen LogP contribution in [0, 0.1) is 13.8 Å². The van der Waals surface area contributed by atoms with Crippen molar-refractivity contribution in [1.82, 2.24) is 4.90 Å². The quantitative estimate of drug-likeness (QED) is 0.768. The zero-order chi connectivity index (χ0) is 22.0. The predicted octanol–water partition coefficient (Wildman–Crippen LogP) is 1.42. The maximum atomic E-state index is 13.0. The number of rotatable bonds is 5. The molecule has 6 nitrogen and oxygen atoms in total. The first kappa shape index (κ1) is 21.4. The Morgan fingerprint density at radius 2 is 1.71 bits per heavy atom. The number of fused-ring (bicyclic) bond motifs is 1. The van der Waals surface area contributed by atoms with Crippen LogP contribution in [-0.4, -0.2) is 62.0 Å². The molecule has 2 aliphatic heterocycles. The van der Waals surface area contributed by atoms with Crippen LogP contribution in [0.15, 0.2) is 42.5 Å². The average Bonchev–Trinajstić information content (AvgIpc) is 3.06. The lowest BCUT2D eigenvalue weighted by Crippen LogP contribution is -3.15. The number of benzene rings is 2. The number of hydrogen-bond donors (Lipinski definition) is 2. The number of anilines is 2. The van der Waals surface area contributed by atoms with E-state index in [1.807, 2.05) is 43.0 Å². The summed E-state index contributed by atoms with van der Waals surface area (Å²) >= 11 is 0. The molecule has 0 spiro atoms. The molecule has 0 saturated carbocycles. The van der Waals surface area contributed by atoms with Gasteiger partial charge in [0, 0.05) is 17.4 Å². The number of aryl methyl sites for hydroxylation is 2. The van der Waals surface area contributed by atoms with Gasteiger partial charge in [0.2, 0.25) is 5.91 Å². The van der Waals surface area contributed by atoms with Crippen molar-refractivity contribution in [2.45, 2.75) is 33.2 Å². The van der Waals surface area contributed by atoms with Crippen molar-refractivity contribution >= 4 is 23.2 Å². The SMILES string of the molecule is Cc1cccc(C)c1NC(=O)C[NH+]1CCN(C(=O)CN2c3ccccc3C[C@@H]2C)CC1. The molecule has 2 heterocycles. The van der Waals surface area contributed by atoms with Crippen LogP contribution in [0.3, 0.4) is 0 Å². The summed E-state index contributed by atoms with van der Waals surface area (Å²) < 4.78 is 0. The molecule has 6 heteroatoms. The Morgan fingerprint density at radius 3 is 2.42 bits per heavy atom. The van der Waals surface area contributed by atoms with E-state index >= 15 is 0 Å². The summed E-state index contributed by atoms with van der Waals surface area (Å²) in [6, 6.07) is 14.8. The Bertz CT molecular complexity index is 945. The van der Waals surface area contributed by atoms with Gasteiger partial charge >= 0.3 is 0 Å². The smallest absolute Gasteiger partial charge is 0.279 e. The van der Waals surface area contributed by atoms with Crippen molar-refractivity contribution in [3.8, 4) is 0 Å². The normalized spacial score (nSPS) is 18.7. The maximum absolute atomic E-state index is 13.0. The Hall–Kier alpha value is -2.86. The van der Waals surface area contributed by atoms with Gasteiger partial charge in [-0.3, -0.25) is 9.59 Å². The number of hydrogen-bond acceptors (Lipinski definition) is 3. The first-order valence-corrected chi connectivity index (χ1v) is 11.2. The molecule has 2 aliphatic rings. The number of nitrogens with one attached hydrogen (secondary N) is 2. The molecule has 1 saturated heterocycles. The van der Waals surface area contributed by atoms with Crippen molar-refractivity contribution in [2.24, 2.45) is 0 Å². The second-order valence-electron chi connectivity index (χ2n) is 8.93. The topological polar surface area (TPSA) is 57.1 Å². The minimum Gasteiger partial charge on any atom is -0.359 e. The van der Waals surface area contributed by atoms with Gasteiger partial charge in [-0.2, -0.15) is 0 Å².